The van der Waals surface area contributed by atoms with Crippen LogP contribution >= 0.6 is 11.6 Å². The van der Waals surface area contributed by atoms with Crippen LogP contribution < -0.4 is 10.5 Å². The maximum Gasteiger partial charge on any atom is 0.170 e. The van der Waals surface area contributed by atoms with Crippen molar-refractivity contribution < 1.29 is 14.7 Å². The molecule has 1 aromatic carbocycles. The van der Waals surface area contributed by atoms with Gasteiger partial charge in [-0.15, -0.1) is 0 Å². The van der Waals surface area contributed by atoms with Crippen molar-refractivity contribution in [2.45, 2.75) is 31.8 Å². The SMILES string of the molecule is NC(=NO)c1ccc(OCCCC2CCCO2)c(Cl)c1. The van der Waals surface area contributed by atoms with Crippen molar-refractivity contribution in [2.24, 2.45) is 10.9 Å². The number of hydrogen-bond donors (Lipinski definition) is 2. The Morgan fingerprint density at radius 2 is 2.40 bits per heavy atom. The molecule has 3 N–H and O–H groups in total. The lowest BCUT2D eigenvalue weighted by Gasteiger charge is -2.11. The number of benzene rings is 1. The Morgan fingerprint density at radius 3 is 3.05 bits per heavy atom. The highest BCUT2D eigenvalue weighted by Gasteiger charge is 2.14. The summed E-state index contributed by atoms with van der Waals surface area (Å²) in [6.07, 6.45) is 4.64. The van der Waals surface area contributed by atoms with E-state index in [9.17, 15) is 0 Å². The molecule has 0 bridgehead atoms. The molecule has 1 aliphatic rings. The molecule has 0 aliphatic carbocycles. The monoisotopic (exact) mass is 298 g/mol. The van der Waals surface area contributed by atoms with Crippen molar-refractivity contribution in [1.29, 1.82) is 0 Å². The van der Waals surface area contributed by atoms with Gasteiger partial charge in [0.1, 0.15) is 5.75 Å². The molecule has 0 radical (unpaired) electrons. The van der Waals surface area contributed by atoms with E-state index >= 15 is 0 Å². The summed E-state index contributed by atoms with van der Waals surface area (Å²) in [4.78, 5) is 0. The summed E-state index contributed by atoms with van der Waals surface area (Å²) >= 11 is 6.09. The van der Waals surface area contributed by atoms with E-state index in [2.05, 4.69) is 5.16 Å². The van der Waals surface area contributed by atoms with Crippen LogP contribution in [0.15, 0.2) is 23.4 Å². The van der Waals surface area contributed by atoms with Gasteiger partial charge in [-0.1, -0.05) is 16.8 Å². The predicted octanol–water partition coefficient (Wildman–Crippen LogP) is 2.77. The van der Waals surface area contributed by atoms with Crippen LogP contribution in [0, 0.1) is 0 Å². The van der Waals surface area contributed by atoms with E-state index < -0.39 is 0 Å². The average molecular weight is 299 g/mol. The third-order valence-electron chi connectivity index (χ3n) is 3.29. The largest absolute Gasteiger partial charge is 0.492 e. The second-order valence-corrected chi connectivity index (χ2v) is 5.16. The molecule has 110 valence electrons. The highest BCUT2D eigenvalue weighted by atomic mass is 35.5. The summed E-state index contributed by atoms with van der Waals surface area (Å²) < 4.78 is 11.2. The molecule has 1 atom stereocenters. The van der Waals surface area contributed by atoms with Gasteiger partial charge in [-0.05, 0) is 43.9 Å². The quantitative estimate of drug-likeness (QED) is 0.278. The summed E-state index contributed by atoms with van der Waals surface area (Å²) in [6.45, 7) is 1.48. The van der Waals surface area contributed by atoms with Gasteiger partial charge in [-0.2, -0.15) is 0 Å². The fourth-order valence-electron chi connectivity index (χ4n) is 2.20. The average Bonchev–Trinajstić information content (AvgIpc) is 2.97. The molecule has 0 aromatic heterocycles. The second-order valence-electron chi connectivity index (χ2n) is 4.76. The van der Waals surface area contributed by atoms with Crippen molar-refractivity contribution in [2.75, 3.05) is 13.2 Å². The first-order chi connectivity index (χ1) is 9.70. The van der Waals surface area contributed by atoms with Crippen LogP contribution in [-0.4, -0.2) is 30.4 Å². The van der Waals surface area contributed by atoms with Crippen molar-refractivity contribution >= 4 is 17.4 Å². The maximum absolute atomic E-state index is 8.60. The van der Waals surface area contributed by atoms with Gasteiger partial charge >= 0.3 is 0 Å². The molecule has 0 saturated carbocycles. The Balaban J connectivity index is 1.80. The lowest BCUT2D eigenvalue weighted by Crippen LogP contribution is -2.13. The number of rotatable bonds is 6. The summed E-state index contributed by atoms with van der Waals surface area (Å²) in [6, 6.07) is 5.05. The molecule has 5 nitrogen and oxygen atoms in total. The van der Waals surface area contributed by atoms with E-state index in [4.69, 9.17) is 32.0 Å². The number of nitrogens with zero attached hydrogens (tertiary/aromatic N) is 1. The molecule has 20 heavy (non-hydrogen) atoms. The molecule has 1 heterocycles. The Labute approximate surface area is 123 Å². The van der Waals surface area contributed by atoms with Gasteiger partial charge in [-0.3, -0.25) is 0 Å². The van der Waals surface area contributed by atoms with Gasteiger partial charge in [0.25, 0.3) is 0 Å². The van der Waals surface area contributed by atoms with Gasteiger partial charge in [0.05, 0.1) is 17.7 Å². The fourth-order valence-corrected chi connectivity index (χ4v) is 2.44. The molecule has 0 amide bonds. The number of ether oxygens (including phenoxy) is 2. The zero-order valence-corrected chi connectivity index (χ0v) is 12.0. The van der Waals surface area contributed by atoms with Crippen LogP contribution in [-0.2, 0) is 4.74 Å². The molecule has 6 heteroatoms. The van der Waals surface area contributed by atoms with Crippen LogP contribution in [0.25, 0.3) is 0 Å². The Kier molecular flexibility index (Phi) is 5.49. The van der Waals surface area contributed by atoms with E-state index in [0.29, 0.717) is 29.0 Å². The fraction of sp³-hybridized carbons (Fsp3) is 0.500. The minimum absolute atomic E-state index is 0.0248. The Morgan fingerprint density at radius 1 is 1.55 bits per heavy atom. The van der Waals surface area contributed by atoms with E-state index in [1.54, 1.807) is 18.2 Å². The van der Waals surface area contributed by atoms with Gasteiger partial charge in [0, 0.05) is 12.2 Å². The van der Waals surface area contributed by atoms with Gasteiger partial charge in [0.2, 0.25) is 0 Å². The van der Waals surface area contributed by atoms with Gasteiger partial charge in [-0.25, -0.2) is 0 Å². The van der Waals surface area contributed by atoms with Gasteiger partial charge in [0.15, 0.2) is 5.84 Å². The zero-order chi connectivity index (χ0) is 14.4. The molecule has 2 rings (SSSR count). The van der Waals surface area contributed by atoms with Crippen LogP contribution in [0.2, 0.25) is 5.02 Å². The van der Waals surface area contributed by atoms with Crippen molar-refractivity contribution in [3.05, 3.63) is 28.8 Å². The van der Waals surface area contributed by atoms with E-state index in [1.807, 2.05) is 0 Å². The zero-order valence-electron chi connectivity index (χ0n) is 11.2. The van der Waals surface area contributed by atoms with Crippen LogP contribution in [0.3, 0.4) is 0 Å². The van der Waals surface area contributed by atoms with Crippen LogP contribution in [0.1, 0.15) is 31.2 Å². The summed E-state index contributed by atoms with van der Waals surface area (Å²) in [5.41, 5.74) is 6.05. The summed E-state index contributed by atoms with van der Waals surface area (Å²) in [7, 11) is 0. The van der Waals surface area contributed by atoms with Crippen molar-refractivity contribution in [1.82, 2.24) is 0 Å². The molecule has 1 fully saturated rings. The first-order valence-corrected chi connectivity index (χ1v) is 7.10. The third-order valence-corrected chi connectivity index (χ3v) is 3.58. The topological polar surface area (TPSA) is 77.1 Å². The Hall–Kier alpha value is -1.46. The number of oxime groups is 1. The highest BCUT2D eigenvalue weighted by molar-refractivity contribution is 6.32. The minimum atomic E-state index is 0.0248. The summed E-state index contributed by atoms with van der Waals surface area (Å²) in [5.74, 6) is 0.630. The molecule has 1 saturated heterocycles. The number of amidine groups is 1. The lowest BCUT2D eigenvalue weighted by molar-refractivity contribution is 0.0981. The number of hydrogen-bond acceptors (Lipinski definition) is 4. The second kappa shape index (κ2) is 7.36. The van der Waals surface area contributed by atoms with Crippen LogP contribution in [0.4, 0.5) is 0 Å². The molecular weight excluding hydrogens is 280 g/mol. The molecular formula is C14H19ClN2O3. The summed E-state index contributed by atoms with van der Waals surface area (Å²) in [5, 5.41) is 12.0. The predicted molar refractivity (Wildman–Crippen MR) is 77.7 cm³/mol. The third kappa shape index (κ3) is 4.02. The molecule has 1 aliphatic heterocycles. The van der Waals surface area contributed by atoms with E-state index in [1.165, 1.54) is 0 Å². The van der Waals surface area contributed by atoms with E-state index in [-0.39, 0.29) is 5.84 Å². The van der Waals surface area contributed by atoms with Crippen molar-refractivity contribution in [3.8, 4) is 5.75 Å². The van der Waals surface area contributed by atoms with Gasteiger partial charge < -0.3 is 20.4 Å². The Bertz CT molecular complexity index is 473. The molecule has 1 aromatic rings. The highest BCUT2D eigenvalue weighted by Crippen LogP contribution is 2.26. The molecule has 1 unspecified atom stereocenters. The standard InChI is InChI=1S/C14H19ClN2O3/c15-12-9-10(14(16)17-18)5-6-13(12)20-8-2-4-11-3-1-7-19-11/h5-6,9,11,18H,1-4,7-8H2,(H2,16,17). The molecule has 0 spiro atoms. The normalized spacial score (nSPS) is 19.2. The first-order valence-electron chi connectivity index (χ1n) is 6.72. The first kappa shape index (κ1) is 14.9. The van der Waals surface area contributed by atoms with Crippen molar-refractivity contribution in [3.63, 3.8) is 0 Å². The number of halogens is 1. The number of nitrogens with two attached hydrogens (primary N) is 1. The maximum atomic E-state index is 8.60. The van der Waals surface area contributed by atoms with Crippen LogP contribution in [0.5, 0.6) is 5.75 Å². The minimum Gasteiger partial charge on any atom is -0.492 e. The smallest absolute Gasteiger partial charge is 0.170 e. The lowest BCUT2D eigenvalue weighted by atomic mass is 10.1. The van der Waals surface area contributed by atoms with E-state index in [0.717, 1.165) is 32.3 Å².